The smallest absolute Gasteiger partial charge is 0.0788 e. The van der Waals surface area contributed by atoms with Crippen LogP contribution in [0.5, 0.6) is 0 Å². The number of ether oxygens (including phenoxy) is 2. The van der Waals surface area contributed by atoms with Crippen molar-refractivity contribution in [2.45, 2.75) is 77.2 Å². The molecule has 0 amide bonds. The normalized spacial score (nSPS) is 36.0. The molecule has 0 aliphatic carbocycles. The molecule has 2 heterocycles. The van der Waals surface area contributed by atoms with Crippen molar-refractivity contribution in [2.24, 2.45) is 11.7 Å². The molecule has 2 aliphatic heterocycles. The number of rotatable bonds is 5. The summed E-state index contributed by atoms with van der Waals surface area (Å²) < 4.78 is 12.2. The molecule has 0 bridgehead atoms. The fourth-order valence-corrected chi connectivity index (χ4v) is 3.95. The average Bonchev–Trinajstić information content (AvgIpc) is 2.55. The number of nitrogens with two attached hydrogens (primary N) is 1. The second-order valence-electron chi connectivity index (χ2n) is 7.84. The number of hydrogen-bond acceptors (Lipinski definition) is 4. The summed E-state index contributed by atoms with van der Waals surface area (Å²) in [6.45, 7) is 14.9. The van der Waals surface area contributed by atoms with Crippen molar-refractivity contribution < 1.29 is 9.47 Å². The van der Waals surface area contributed by atoms with Gasteiger partial charge in [0.15, 0.2) is 0 Å². The fraction of sp³-hybridized carbons (Fsp3) is 1.00. The Balaban J connectivity index is 1.94. The Bertz CT molecular complexity index is 344. The van der Waals surface area contributed by atoms with Crippen molar-refractivity contribution in [3.8, 4) is 0 Å². The molecule has 0 saturated carbocycles. The lowest BCUT2D eigenvalue weighted by Crippen LogP contribution is -2.50. The molecule has 0 spiro atoms. The van der Waals surface area contributed by atoms with Gasteiger partial charge in [-0.05, 0) is 53.5 Å². The maximum Gasteiger partial charge on any atom is 0.0788 e. The van der Waals surface area contributed by atoms with E-state index in [1.54, 1.807) is 0 Å². The molecule has 0 aromatic rings. The second kappa shape index (κ2) is 6.53. The van der Waals surface area contributed by atoms with Gasteiger partial charge in [-0.2, -0.15) is 0 Å². The van der Waals surface area contributed by atoms with E-state index in [2.05, 4.69) is 39.5 Å². The Kier molecular flexibility index (Phi) is 5.35. The first-order chi connectivity index (χ1) is 9.76. The van der Waals surface area contributed by atoms with Gasteiger partial charge in [0, 0.05) is 31.7 Å². The van der Waals surface area contributed by atoms with Crippen LogP contribution in [-0.2, 0) is 9.47 Å². The van der Waals surface area contributed by atoms with Gasteiger partial charge < -0.3 is 20.1 Å². The van der Waals surface area contributed by atoms with Crippen LogP contribution in [0.3, 0.4) is 0 Å². The van der Waals surface area contributed by atoms with Crippen molar-refractivity contribution >= 4 is 0 Å². The highest BCUT2D eigenvalue weighted by Gasteiger charge is 2.52. The summed E-state index contributed by atoms with van der Waals surface area (Å²) >= 11 is 0. The Labute approximate surface area is 130 Å². The van der Waals surface area contributed by atoms with E-state index in [9.17, 15) is 0 Å². The molecule has 0 aromatic heterocycles. The van der Waals surface area contributed by atoms with Crippen LogP contribution in [0, 0.1) is 5.92 Å². The van der Waals surface area contributed by atoms with Gasteiger partial charge in [-0.15, -0.1) is 0 Å². The number of hydrogen-bond donors (Lipinski definition) is 1. The van der Waals surface area contributed by atoms with Gasteiger partial charge in [-0.1, -0.05) is 6.92 Å². The van der Waals surface area contributed by atoms with E-state index in [0.29, 0.717) is 12.0 Å². The average molecular weight is 298 g/mol. The van der Waals surface area contributed by atoms with Gasteiger partial charge in [0.05, 0.1) is 17.3 Å². The zero-order valence-corrected chi connectivity index (χ0v) is 14.5. The van der Waals surface area contributed by atoms with Crippen LogP contribution in [-0.4, -0.2) is 54.5 Å². The van der Waals surface area contributed by atoms with Gasteiger partial charge >= 0.3 is 0 Å². The zero-order chi connectivity index (χ0) is 15.7. The quantitative estimate of drug-likeness (QED) is 0.847. The lowest BCUT2D eigenvalue weighted by Gasteiger charge is -2.37. The van der Waals surface area contributed by atoms with Gasteiger partial charge in [0.25, 0.3) is 0 Å². The van der Waals surface area contributed by atoms with E-state index in [-0.39, 0.29) is 17.2 Å². The Morgan fingerprint density at radius 3 is 2.52 bits per heavy atom. The molecule has 2 aliphatic rings. The van der Waals surface area contributed by atoms with Gasteiger partial charge in [0.1, 0.15) is 0 Å². The fourth-order valence-electron chi connectivity index (χ4n) is 3.95. The summed E-state index contributed by atoms with van der Waals surface area (Å²) in [5.74, 6) is 0.373. The van der Waals surface area contributed by atoms with Crippen molar-refractivity contribution in [2.75, 3.05) is 26.2 Å². The maximum absolute atomic E-state index is 6.48. The third kappa shape index (κ3) is 3.98. The second-order valence-corrected chi connectivity index (χ2v) is 7.84. The first kappa shape index (κ1) is 17.2. The number of nitrogens with zero attached hydrogens (tertiary/aromatic N) is 1. The van der Waals surface area contributed by atoms with Crippen LogP contribution in [0.1, 0.15) is 53.9 Å². The minimum absolute atomic E-state index is 0.0874. The third-order valence-corrected chi connectivity index (χ3v) is 5.13. The van der Waals surface area contributed by atoms with E-state index in [1.807, 2.05) is 0 Å². The van der Waals surface area contributed by atoms with Crippen LogP contribution >= 0.6 is 0 Å². The zero-order valence-electron chi connectivity index (χ0n) is 14.5. The summed E-state index contributed by atoms with van der Waals surface area (Å²) in [7, 11) is 0. The lowest BCUT2D eigenvalue weighted by atomic mass is 9.82. The summed E-state index contributed by atoms with van der Waals surface area (Å²) in [6, 6.07) is 0.0874. The SMILES string of the molecule is CCCOC1CCCN(CC2C(N)C(C)(C)OC2(C)C)C1. The van der Waals surface area contributed by atoms with E-state index in [1.165, 1.54) is 12.8 Å². The topological polar surface area (TPSA) is 47.7 Å². The highest BCUT2D eigenvalue weighted by molar-refractivity contribution is 5.04. The van der Waals surface area contributed by atoms with Crippen molar-refractivity contribution in [3.05, 3.63) is 0 Å². The molecule has 4 heteroatoms. The first-order valence-corrected chi connectivity index (χ1v) is 8.56. The summed E-state index contributed by atoms with van der Waals surface area (Å²) in [4.78, 5) is 2.53. The van der Waals surface area contributed by atoms with Crippen LogP contribution in [0.2, 0.25) is 0 Å². The predicted molar refractivity (Wildman–Crippen MR) is 86.4 cm³/mol. The molecule has 2 rings (SSSR count). The third-order valence-electron chi connectivity index (χ3n) is 5.13. The monoisotopic (exact) mass is 298 g/mol. The molecule has 3 unspecified atom stereocenters. The molecule has 2 saturated heterocycles. The molecule has 0 aromatic carbocycles. The van der Waals surface area contributed by atoms with Gasteiger partial charge in [-0.25, -0.2) is 0 Å². The van der Waals surface area contributed by atoms with E-state index in [4.69, 9.17) is 15.2 Å². The molecule has 3 atom stereocenters. The predicted octanol–water partition coefficient (Wildman–Crippen LogP) is 2.41. The van der Waals surface area contributed by atoms with Crippen LogP contribution in [0.15, 0.2) is 0 Å². The molecule has 2 N–H and O–H groups in total. The first-order valence-electron chi connectivity index (χ1n) is 8.56. The largest absolute Gasteiger partial charge is 0.377 e. The summed E-state index contributed by atoms with van der Waals surface area (Å²) in [5, 5.41) is 0. The number of likely N-dealkylation sites (tertiary alicyclic amines) is 1. The minimum Gasteiger partial charge on any atom is -0.377 e. The summed E-state index contributed by atoms with van der Waals surface area (Å²) in [6.07, 6.45) is 3.91. The molecule has 4 nitrogen and oxygen atoms in total. The van der Waals surface area contributed by atoms with Gasteiger partial charge in [0.2, 0.25) is 0 Å². The lowest BCUT2D eigenvalue weighted by molar-refractivity contribution is -0.0806. The Hall–Kier alpha value is -0.160. The Morgan fingerprint density at radius 1 is 1.24 bits per heavy atom. The van der Waals surface area contributed by atoms with Crippen LogP contribution in [0.25, 0.3) is 0 Å². The molecular weight excluding hydrogens is 264 g/mol. The number of piperidine rings is 1. The van der Waals surface area contributed by atoms with Crippen molar-refractivity contribution in [3.63, 3.8) is 0 Å². The van der Waals surface area contributed by atoms with Crippen molar-refractivity contribution in [1.82, 2.24) is 4.90 Å². The summed E-state index contributed by atoms with van der Waals surface area (Å²) in [5.41, 5.74) is 6.09. The van der Waals surface area contributed by atoms with Crippen LogP contribution < -0.4 is 5.73 Å². The van der Waals surface area contributed by atoms with Crippen molar-refractivity contribution in [1.29, 1.82) is 0 Å². The minimum atomic E-state index is -0.234. The van der Waals surface area contributed by atoms with E-state index >= 15 is 0 Å². The Morgan fingerprint density at radius 2 is 1.95 bits per heavy atom. The maximum atomic E-state index is 6.48. The van der Waals surface area contributed by atoms with E-state index in [0.717, 1.165) is 32.7 Å². The van der Waals surface area contributed by atoms with E-state index < -0.39 is 0 Å². The molecule has 21 heavy (non-hydrogen) atoms. The molecule has 0 radical (unpaired) electrons. The van der Waals surface area contributed by atoms with Crippen LogP contribution in [0.4, 0.5) is 0 Å². The molecular formula is C17H34N2O2. The standard InChI is InChI=1S/C17H34N2O2/c1-6-10-20-13-8-7-9-19(11-13)12-14-15(18)17(4,5)21-16(14,2)3/h13-15H,6-12,18H2,1-5H3. The van der Waals surface area contributed by atoms with Gasteiger partial charge in [-0.3, -0.25) is 0 Å². The highest BCUT2D eigenvalue weighted by Crippen LogP contribution is 2.41. The highest BCUT2D eigenvalue weighted by atomic mass is 16.5. The molecule has 124 valence electrons. The molecule has 2 fully saturated rings.